The van der Waals surface area contributed by atoms with Crippen molar-refractivity contribution in [2.24, 2.45) is 0 Å². The van der Waals surface area contributed by atoms with Crippen LogP contribution in [0.15, 0.2) is 22.7 Å². The zero-order chi connectivity index (χ0) is 12.1. The van der Waals surface area contributed by atoms with Gasteiger partial charge in [0.15, 0.2) is 0 Å². The molecule has 0 aliphatic rings. The minimum Gasteiger partial charge on any atom is -0.493 e. The zero-order valence-electron chi connectivity index (χ0n) is 10.0. The lowest BCUT2D eigenvalue weighted by Gasteiger charge is -2.15. The van der Waals surface area contributed by atoms with Crippen LogP contribution in [0.2, 0.25) is 0 Å². The maximum atomic E-state index is 9.17. The Morgan fingerprint density at radius 2 is 2.00 bits per heavy atom. The van der Waals surface area contributed by atoms with Gasteiger partial charge in [0.05, 0.1) is 12.7 Å². The molecule has 3 heteroatoms. The van der Waals surface area contributed by atoms with Crippen molar-refractivity contribution < 1.29 is 9.84 Å². The first-order chi connectivity index (χ1) is 7.50. The van der Waals surface area contributed by atoms with Crippen molar-refractivity contribution in [1.29, 1.82) is 0 Å². The predicted octanol–water partition coefficient (Wildman–Crippen LogP) is 3.72. The van der Waals surface area contributed by atoms with Gasteiger partial charge >= 0.3 is 0 Å². The number of halogens is 1. The fraction of sp³-hybridized carbons (Fsp3) is 0.538. The van der Waals surface area contributed by atoms with Crippen LogP contribution >= 0.6 is 15.9 Å². The van der Waals surface area contributed by atoms with E-state index < -0.39 is 0 Å². The SMILES string of the molecule is CC(O)CCOc1ccc(Br)cc1C(C)C. The molecule has 0 aliphatic carbocycles. The van der Waals surface area contributed by atoms with Crippen molar-refractivity contribution in [1.82, 2.24) is 0 Å². The highest BCUT2D eigenvalue weighted by molar-refractivity contribution is 9.10. The molecular weight excluding hydrogens is 268 g/mol. The minimum absolute atomic E-state index is 0.307. The maximum Gasteiger partial charge on any atom is 0.122 e. The lowest BCUT2D eigenvalue weighted by atomic mass is 10.0. The fourth-order valence-electron chi connectivity index (χ4n) is 1.44. The second-order valence-corrected chi connectivity index (χ2v) is 5.24. The Morgan fingerprint density at radius 3 is 2.56 bits per heavy atom. The molecule has 2 nitrogen and oxygen atoms in total. The van der Waals surface area contributed by atoms with E-state index in [-0.39, 0.29) is 6.10 Å². The van der Waals surface area contributed by atoms with Crippen molar-refractivity contribution in [2.45, 2.75) is 39.2 Å². The maximum absolute atomic E-state index is 9.17. The van der Waals surface area contributed by atoms with Gasteiger partial charge in [-0.15, -0.1) is 0 Å². The van der Waals surface area contributed by atoms with Gasteiger partial charge < -0.3 is 9.84 Å². The molecule has 0 saturated carbocycles. The van der Waals surface area contributed by atoms with Gasteiger partial charge in [0.2, 0.25) is 0 Å². The normalized spacial score (nSPS) is 12.9. The summed E-state index contributed by atoms with van der Waals surface area (Å²) in [6.45, 7) is 6.61. The van der Waals surface area contributed by atoms with E-state index in [2.05, 4.69) is 35.8 Å². The molecule has 0 fully saturated rings. The molecule has 0 radical (unpaired) electrons. The number of hydrogen-bond donors (Lipinski definition) is 1. The van der Waals surface area contributed by atoms with Crippen LogP contribution in [-0.2, 0) is 0 Å². The molecule has 90 valence electrons. The molecule has 0 saturated heterocycles. The molecule has 0 amide bonds. The third-order valence-electron chi connectivity index (χ3n) is 2.39. The van der Waals surface area contributed by atoms with E-state index in [1.165, 1.54) is 5.56 Å². The highest BCUT2D eigenvalue weighted by atomic mass is 79.9. The molecule has 1 unspecified atom stereocenters. The Kier molecular flexibility index (Phi) is 5.29. The van der Waals surface area contributed by atoms with Crippen molar-refractivity contribution in [3.05, 3.63) is 28.2 Å². The number of hydrogen-bond acceptors (Lipinski definition) is 2. The first kappa shape index (κ1) is 13.5. The average molecular weight is 287 g/mol. The van der Waals surface area contributed by atoms with Crippen LogP contribution in [0.5, 0.6) is 5.75 Å². The molecule has 16 heavy (non-hydrogen) atoms. The summed E-state index contributed by atoms with van der Waals surface area (Å²) in [6, 6.07) is 6.04. The molecule has 1 rings (SSSR count). The van der Waals surface area contributed by atoms with E-state index in [0.717, 1.165) is 10.2 Å². The summed E-state index contributed by atoms with van der Waals surface area (Å²) in [4.78, 5) is 0. The van der Waals surface area contributed by atoms with E-state index in [0.29, 0.717) is 18.9 Å². The second-order valence-electron chi connectivity index (χ2n) is 4.32. The fourth-order valence-corrected chi connectivity index (χ4v) is 1.82. The van der Waals surface area contributed by atoms with E-state index in [1.807, 2.05) is 12.1 Å². The quantitative estimate of drug-likeness (QED) is 0.894. The minimum atomic E-state index is -0.307. The molecule has 1 N–H and O–H groups in total. The summed E-state index contributed by atoms with van der Waals surface area (Å²) in [6.07, 6.45) is 0.353. The van der Waals surface area contributed by atoms with Crippen LogP contribution < -0.4 is 4.74 Å². The van der Waals surface area contributed by atoms with Gasteiger partial charge in [-0.3, -0.25) is 0 Å². The molecule has 0 spiro atoms. The lowest BCUT2D eigenvalue weighted by Crippen LogP contribution is -2.08. The topological polar surface area (TPSA) is 29.5 Å². The lowest BCUT2D eigenvalue weighted by molar-refractivity contribution is 0.155. The van der Waals surface area contributed by atoms with E-state index >= 15 is 0 Å². The summed E-state index contributed by atoms with van der Waals surface area (Å²) in [5.74, 6) is 1.35. The third kappa shape index (κ3) is 4.14. The molecular formula is C13H19BrO2. The van der Waals surface area contributed by atoms with Crippen LogP contribution in [0.4, 0.5) is 0 Å². The van der Waals surface area contributed by atoms with Gasteiger partial charge in [-0.2, -0.15) is 0 Å². The Bertz CT molecular complexity index is 335. The van der Waals surface area contributed by atoms with Crippen LogP contribution in [0.1, 0.15) is 38.7 Å². The highest BCUT2D eigenvalue weighted by Crippen LogP contribution is 2.29. The monoisotopic (exact) mass is 286 g/mol. The van der Waals surface area contributed by atoms with E-state index in [1.54, 1.807) is 6.92 Å². The Balaban J connectivity index is 2.71. The van der Waals surface area contributed by atoms with Crippen molar-refractivity contribution in [3.63, 3.8) is 0 Å². The highest BCUT2D eigenvalue weighted by Gasteiger charge is 2.08. The molecule has 0 bridgehead atoms. The largest absolute Gasteiger partial charge is 0.493 e. The Labute approximate surface area is 106 Å². The van der Waals surface area contributed by atoms with E-state index in [4.69, 9.17) is 9.84 Å². The van der Waals surface area contributed by atoms with Crippen molar-refractivity contribution in [2.75, 3.05) is 6.61 Å². The first-order valence-electron chi connectivity index (χ1n) is 5.61. The van der Waals surface area contributed by atoms with Gasteiger partial charge in [-0.1, -0.05) is 29.8 Å². The second kappa shape index (κ2) is 6.26. The number of ether oxygens (including phenoxy) is 1. The van der Waals surface area contributed by atoms with Crippen LogP contribution in [-0.4, -0.2) is 17.8 Å². The van der Waals surface area contributed by atoms with Gasteiger partial charge in [-0.25, -0.2) is 0 Å². The number of rotatable bonds is 5. The van der Waals surface area contributed by atoms with Gasteiger partial charge in [0, 0.05) is 10.9 Å². The Hall–Kier alpha value is -0.540. The van der Waals surface area contributed by atoms with Gasteiger partial charge in [-0.05, 0) is 36.6 Å². The summed E-state index contributed by atoms with van der Waals surface area (Å²) in [5.41, 5.74) is 1.19. The molecule has 0 heterocycles. The molecule has 1 aromatic rings. The zero-order valence-corrected chi connectivity index (χ0v) is 11.6. The Morgan fingerprint density at radius 1 is 1.31 bits per heavy atom. The third-order valence-corrected chi connectivity index (χ3v) is 2.88. The molecule has 0 aromatic heterocycles. The number of benzene rings is 1. The molecule has 1 aromatic carbocycles. The van der Waals surface area contributed by atoms with Gasteiger partial charge in [0.1, 0.15) is 5.75 Å². The predicted molar refractivity (Wildman–Crippen MR) is 70.0 cm³/mol. The smallest absolute Gasteiger partial charge is 0.122 e. The standard InChI is InChI=1S/C13H19BrO2/c1-9(2)12-8-11(14)4-5-13(12)16-7-6-10(3)15/h4-5,8-10,15H,6-7H2,1-3H3. The summed E-state index contributed by atoms with van der Waals surface area (Å²) in [5, 5.41) is 9.17. The van der Waals surface area contributed by atoms with E-state index in [9.17, 15) is 0 Å². The van der Waals surface area contributed by atoms with Crippen molar-refractivity contribution >= 4 is 15.9 Å². The summed E-state index contributed by atoms with van der Waals surface area (Å²) < 4.78 is 6.75. The van der Waals surface area contributed by atoms with Crippen LogP contribution in [0.25, 0.3) is 0 Å². The van der Waals surface area contributed by atoms with Crippen LogP contribution in [0.3, 0.4) is 0 Å². The number of aliphatic hydroxyl groups is 1. The number of aliphatic hydroxyl groups excluding tert-OH is 1. The van der Waals surface area contributed by atoms with Gasteiger partial charge in [0.25, 0.3) is 0 Å². The molecule has 0 aliphatic heterocycles. The van der Waals surface area contributed by atoms with Crippen LogP contribution in [0, 0.1) is 0 Å². The summed E-state index contributed by atoms with van der Waals surface area (Å²) >= 11 is 3.46. The summed E-state index contributed by atoms with van der Waals surface area (Å²) in [7, 11) is 0. The molecule has 1 atom stereocenters. The first-order valence-corrected chi connectivity index (χ1v) is 6.40. The van der Waals surface area contributed by atoms with Crippen molar-refractivity contribution in [3.8, 4) is 5.75 Å². The average Bonchev–Trinajstić information content (AvgIpc) is 2.19.